The molecule has 0 aromatic heterocycles. The van der Waals surface area contributed by atoms with Crippen molar-refractivity contribution in [1.29, 1.82) is 0 Å². The highest BCUT2D eigenvalue weighted by Crippen LogP contribution is 2.26. The summed E-state index contributed by atoms with van der Waals surface area (Å²) in [4.78, 5) is 28.9. The fraction of sp³-hybridized carbons (Fsp3) is 0.355. The number of benzene rings is 3. The van der Waals surface area contributed by atoms with Crippen LogP contribution < -0.4 is 14.4 Å². The Hall–Kier alpha value is -3.27. The number of halogens is 2. The second-order valence-electron chi connectivity index (χ2n) is 9.89. The normalized spacial score (nSPS) is 11.9. The van der Waals surface area contributed by atoms with E-state index in [0.717, 1.165) is 18.2 Å². The fourth-order valence-corrected chi connectivity index (χ4v) is 5.95. The van der Waals surface area contributed by atoms with Gasteiger partial charge in [-0.25, -0.2) is 8.42 Å². The van der Waals surface area contributed by atoms with E-state index in [0.29, 0.717) is 40.0 Å². The molecule has 0 spiro atoms. The Bertz CT molecular complexity index is 1450. The van der Waals surface area contributed by atoms with Crippen LogP contribution >= 0.6 is 23.2 Å². The van der Waals surface area contributed by atoms with Gasteiger partial charge >= 0.3 is 0 Å². The lowest BCUT2D eigenvalue weighted by molar-refractivity contribution is -0.141. The van der Waals surface area contributed by atoms with Gasteiger partial charge in [0.15, 0.2) is 0 Å². The van der Waals surface area contributed by atoms with Gasteiger partial charge in [0.05, 0.1) is 19.1 Å². The quantitative estimate of drug-likeness (QED) is 0.231. The summed E-state index contributed by atoms with van der Waals surface area (Å²) in [6.07, 6.45) is 2.40. The number of methoxy groups -OCH3 is 1. The zero-order chi connectivity index (χ0) is 30.7. The van der Waals surface area contributed by atoms with Gasteiger partial charge in [-0.2, -0.15) is 0 Å². The minimum absolute atomic E-state index is 0.00748. The topological polar surface area (TPSA) is 96.0 Å². The van der Waals surface area contributed by atoms with E-state index in [1.54, 1.807) is 42.5 Å². The summed E-state index contributed by atoms with van der Waals surface area (Å²) < 4.78 is 31.8. The van der Waals surface area contributed by atoms with Crippen molar-refractivity contribution >= 4 is 50.7 Å². The second-order valence-corrected chi connectivity index (χ2v) is 12.6. The highest BCUT2D eigenvalue weighted by Gasteiger charge is 2.31. The molecule has 0 aliphatic heterocycles. The van der Waals surface area contributed by atoms with E-state index >= 15 is 0 Å². The summed E-state index contributed by atoms with van der Waals surface area (Å²) in [5.74, 6) is -0.0499. The number of anilines is 1. The van der Waals surface area contributed by atoms with E-state index in [9.17, 15) is 18.0 Å². The van der Waals surface area contributed by atoms with Gasteiger partial charge in [0.25, 0.3) is 0 Å². The van der Waals surface area contributed by atoms with Crippen LogP contribution in [0.15, 0.2) is 72.8 Å². The number of carbonyl (C=O) groups is 2. The van der Waals surface area contributed by atoms with Crippen molar-refractivity contribution in [3.05, 3.63) is 94.0 Å². The highest BCUT2D eigenvalue weighted by molar-refractivity contribution is 7.92. The Morgan fingerprint density at radius 1 is 1.00 bits per heavy atom. The molecule has 3 aromatic carbocycles. The number of amides is 2. The molecule has 3 rings (SSSR count). The molecule has 1 N–H and O–H groups in total. The molecule has 0 aliphatic carbocycles. The first-order chi connectivity index (χ1) is 20.0. The van der Waals surface area contributed by atoms with Crippen LogP contribution in [-0.4, -0.2) is 57.6 Å². The minimum Gasteiger partial charge on any atom is -0.497 e. The number of carbonyl (C=O) groups excluding carboxylic acids is 2. The van der Waals surface area contributed by atoms with E-state index in [1.807, 2.05) is 37.3 Å². The van der Waals surface area contributed by atoms with E-state index < -0.39 is 16.1 Å². The van der Waals surface area contributed by atoms with E-state index in [2.05, 4.69) is 5.32 Å². The van der Waals surface area contributed by atoms with Gasteiger partial charge in [0, 0.05) is 48.6 Å². The van der Waals surface area contributed by atoms with Crippen molar-refractivity contribution in [3.63, 3.8) is 0 Å². The van der Waals surface area contributed by atoms with Gasteiger partial charge in [-0.05, 0) is 48.2 Å². The molecule has 0 heterocycles. The molecule has 0 saturated carbocycles. The van der Waals surface area contributed by atoms with Crippen LogP contribution in [0.1, 0.15) is 37.3 Å². The molecule has 3 aromatic rings. The fourth-order valence-electron chi connectivity index (χ4n) is 4.52. The molecule has 8 nitrogen and oxygen atoms in total. The highest BCUT2D eigenvalue weighted by atomic mass is 35.5. The van der Waals surface area contributed by atoms with Crippen molar-refractivity contribution in [3.8, 4) is 5.75 Å². The smallest absolute Gasteiger partial charge is 0.243 e. The van der Waals surface area contributed by atoms with E-state index in [4.69, 9.17) is 27.9 Å². The van der Waals surface area contributed by atoms with Crippen LogP contribution in [0.5, 0.6) is 5.75 Å². The van der Waals surface area contributed by atoms with Gasteiger partial charge in [-0.3, -0.25) is 13.9 Å². The number of hydrogen-bond acceptors (Lipinski definition) is 5. The van der Waals surface area contributed by atoms with Gasteiger partial charge in [0.2, 0.25) is 21.8 Å². The molecule has 0 saturated heterocycles. The maximum atomic E-state index is 13.9. The lowest BCUT2D eigenvalue weighted by atomic mass is 10.0. The number of ether oxygens (including phenoxy) is 1. The number of sulfonamides is 1. The molecule has 42 heavy (non-hydrogen) atoms. The standard InChI is InChI=1S/C31H37Cl2N3O5S/c1-4-17-34-31(38)29(19-23-10-6-5-7-11-23)35(22-24-15-16-25(32)20-28(24)33)30(37)14-9-18-36(42(3,39)40)26-12-8-13-27(21-26)41-2/h5-8,10-13,15-16,20-21,29H,4,9,14,17-19,22H2,1-3H3,(H,34,38)/t29-/m0/s1. The molecule has 11 heteroatoms. The molecular formula is C31H37Cl2N3O5S. The molecule has 226 valence electrons. The number of nitrogens with zero attached hydrogens (tertiary/aromatic N) is 2. The predicted molar refractivity (Wildman–Crippen MR) is 169 cm³/mol. The molecule has 1 atom stereocenters. The SMILES string of the molecule is CCCNC(=O)[C@H](Cc1ccccc1)N(Cc1ccc(Cl)cc1Cl)C(=O)CCCN(c1cccc(OC)c1)S(C)(=O)=O. The van der Waals surface area contributed by atoms with Crippen LogP contribution in [0, 0.1) is 0 Å². The molecule has 0 unspecified atom stereocenters. The van der Waals surface area contributed by atoms with Gasteiger partial charge in [0.1, 0.15) is 11.8 Å². The van der Waals surface area contributed by atoms with Crippen molar-refractivity contribution in [1.82, 2.24) is 10.2 Å². The maximum Gasteiger partial charge on any atom is 0.243 e. The third kappa shape index (κ3) is 9.64. The Kier molecular flexibility index (Phi) is 12.5. The summed E-state index contributed by atoms with van der Waals surface area (Å²) in [5, 5.41) is 3.78. The third-order valence-corrected chi connectivity index (χ3v) is 8.45. The Balaban J connectivity index is 1.90. The Labute approximate surface area is 258 Å². The summed E-state index contributed by atoms with van der Waals surface area (Å²) in [6, 6.07) is 20.4. The molecular weight excluding hydrogens is 597 g/mol. The summed E-state index contributed by atoms with van der Waals surface area (Å²) in [5.41, 5.74) is 1.98. The van der Waals surface area contributed by atoms with Crippen LogP contribution in [-0.2, 0) is 32.6 Å². The Morgan fingerprint density at radius 2 is 1.74 bits per heavy atom. The lowest BCUT2D eigenvalue weighted by Crippen LogP contribution is -2.50. The van der Waals surface area contributed by atoms with Crippen LogP contribution in [0.3, 0.4) is 0 Å². The largest absolute Gasteiger partial charge is 0.497 e. The third-order valence-electron chi connectivity index (χ3n) is 6.67. The first kappa shape index (κ1) is 33.2. The van der Waals surface area contributed by atoms with E-state index in [1.165, 1.54) is 16.3 Å². The minimum atomic E-state index is -3.64. The maximum absolute atomic E-state index is 13.9. The zero-order valence-corrected chi connectivity index (χ0v) is 26.4. The summed E-state index contributed by atoms with van der Waals surface area (Å²) in [7, 11) is -2.13. The number of rotatable bonds is 15. The molecule has 0 aliphatic rings. The van der Waals surface area contributed by atoms with Crippen molar-refractivity contribution in [2.45, 2.75) is 45.2 Å². The average Bonchev–Trinajstić information content (AvgIpc) is 2.96. The Morgan fingerprint density at radius 3 is 2.38 bits per heavy atom. The van der Waals surface area contributed by atoms with Crippen LogP contribution in [0.25, 0.3) is 0 Å². The predicted octanol–water partition coefficient (Wildman–Crippen LogP) is 5.71. The van der Waals surface area contributed by atoms with Crippen molar-refractivity contribution < 1.29 is 22.7 Å². The second kappa shape index (κ2) is 15.8. The summed E-state index contributed by atoms with van der Waals surface area (Å²) >= 11 is 12.6. The molecule has 0 bridgehead atoms. The zero-order valence-electron chi connectivity index (χ0n) is 24.1. The first-order valence-electron chi connectivity index (χ1n) is 13.7. The van der Waals surface area contributed by atoms with Crippen LogP contribution in [0.2, 0.25) is 10.0 Å². The molecule has 2 amide bonds. The first-order valence-corrected chi connectivity index (χ1v) is 16.3. The van der Waals surface area contributed by atoms with Crippen molar-refractivity contribution in [2.24, 2.45) is 0 Å². The lowest BCUT2D eigenvalue weighted by Gasteiger charge is -2.32. The molecule has 0 fully saturated rings. The van der Waals surface area contributed by atoms with Gasteiger partial charge in [-0.15, -0.1) is 0 Å². The average molecular weight is 635 g/mol. The number of hydrogen-bond donors (Lipinski definition) is 1. The summed E-state index contributed by atoms with van der Waals surface area (Å²) in [6.45, 7) is 2.58. The monoisotopic (exact) mass is 633 g/mol. The molecule has 0 radical (unpaired) electrons. The number of nitrogens with one attached hydrogen (secondary N) is 1. The van der Waals surface area contributed by atoms with Crippen LogP contribution in [0.4, 0.5) is 5.69 Å². The van der Waals surface area contributed by atoms with Crippen molar-refractivity contribution in [2.75, 3.05) is 30.8 Å². The van der Waals surface area contributed by atoms with E-state index in [-0.39, 0.29) is 37.7 Å². The van der Waals surface area contributed by atoms with Gasteiger partial charge < -0.3 is 15.0 Å². The van der Waals surface area contributed by atoms with Gasteiger partial charge in [-0.1, -0.05) is 72.6 Å².